The summed E-state index contributed by atoms with van der Waals surface area (Å²) in [5.41, 5.74) is 2.16. The predicted molar refractivity (Wildman–Crippen MR) is 144 cm³/mol. The van der Waals surface area contributed by atoms with Crippen LogP contribution in [0.1, 0.15) is 64.1 Å². The molecule has 0 unspecified atom stereocenters. The molecule has 8 heteroatoms. The number of esters is 1. The number of benzene rings is 1. The van der Waals surface area contributed by atoms with Gasteiger partial charge in [0, 0.05) is 12.3 Å². The lowest BCUT2D eigenvalue weighted by atomic mass is 9.45. The van der Waals surface area contributed by atoms with Crippen molar-refractivity contribution < 1.29 is 23.8 Å². The summed E-state index contributed by atoms with van der Waals surface area (Å²) in [6, 6.07) is 6.36. The van der Waals surface area contributed by atoms with E-state index < -0.39 is 23.1 Å². The smallest absolute Gasteiger partial charge is 0.303 e. The normalized spacial score (nSPS) is 37.4. The van der Waals surface area contributed by atoms with Gasteiger partial charge in [0.25, 0.3) is 0 Å². The number of ether oxygens (including phenoxy) is 1. The zero-order chi connectivity index (χ0) is 27.0. The maximum Gasteiger partial charge on any atom is 0.303 e. The molecule has 1 aromatic carbocycles. The molecule has 6 nitrogen and oxygen atoms in total. The zero-order valence-electron chi connectivity index (χ0n) is 22.1. The average molecular weight is 539 g/mol. The van der Waals surface area contributed by atoms with Gasteiger partial charge in [-0.3, -0.25) is 9.59 Å². The summed E-state index contributed by atoms with van der Waals surface area (Å²) >= 11 is 4.27. The van der Waals surface area contributed by atoms with Crippen LogP contribution in [0.25, 0.3) is 11.8 Å². The second-order valence-corrected chi connectivity index (χ2v) is 12.6. The predicted octanol–water partition coefficient (Wildman–Crippen LogP) is 4.97. The number of aliphatic hydroxyl groups is 1. The fourth-order valence-electron chi connectivity index (χ4n) is 9.02. The van der Waals surface area contributed by atoms with Crippen molar-refractivity contribution in [3.05, 3.63) is 53.1 Å². The molecular weight excluding hydrogens is 503 g/mol. The minimum atomic E-state index is -1.23. The van der Waals surface area contributed by atoms with Crippen molar-refractivity contribution in [3.8, 4) is 5.69 Å². The van der Waals surface area contributed by atoms with Gasteiger partial charge in [-0.05, 0) is 97.6 Å². The first-order valence-electron chi connectivity index (χ1n) is 13.6. The first kappa shape index (κ1) is 25.8. The van der Waals surface area contributed by atoms with Crippen LogP contribution in [0.5, 0.6) is 0 Å². The van der Waals surface area contributed by atoms with Crippen molar-refractivity contribution in [2.75, 3.05) is 5.75 Å². The van der Waals surface area contributed by atoms with E-state index in [1.54, 1.807) is 12.1 Å². The molecule has 7 atom stereocenters. The van der Waals surface area contributed by atoms with E-state index in [9.17, 15) is 19.1 Å². The zero-order valence-corrected chi connectivity index (χ0v) is 23.0. The van der Waals surface area contributed by atoms with Gasteiger partial charge in [-0.1, -0.05) is 19.4 Å². The van der Waals surface area contributed by atoms with Gasteiger partial charge in [0.15, 0.2) is 11.4 Å². The Hall–Kier alpha value is -2.45. The van der Waals surface area contributed by atoms with Crippen molar-refractivity contribution >= 4 is 30.5 Å². The van der Waals surface area contributed by atoms with E-state index in [1.165, 1.54) is 24.6 Å². The minimum absolute atomic E-state index is 0.00516. The second kappa shape index (κ2) is 8.78. The highest BCUT2D eigenvalue weighted by Gasteiger charge is 2.70. The number of thiol groups is 1. The Bertz CT molecular complexity index is 1340. The Morgan fingerprint density at radius 3 is 2.66 bits per heavy atom. The molecule has 38 heavy (non-hydrogen) atoms. The van der Waals surface area contributed by atoms with Crippen LogP contribution >= 0.6 is 12.6 Å². The van der Waals surface area contributed by atoms with Gasteiger partial charge in [0.05, 0.1) is 29.4 Å². The minimum Gasteiger partial charge on any atom is -0.451 e. The summed E-state index contributed by atoms with van der Waals surface area (Å²) in [7, 11) is 0. The molecule has 1 N–H and O–H groups in total. The van der Waals surface area contributed by atoms with Gasteiger partial charge < -0.3 is 9.84 Å². The SMILES string of the molecule is CC(=O)O[C@]1(C(=O)CS)CC[C@H]2[C@@H]3CCC4=Cc5c(cnn5-c5ccc(F)cc5)C[C@]4(C)[C@H]3[C@@H](O)C[C@@]21C. The first-order chi connectivity index (χ1) is 18.0. The number of hydrogen-bond acceptors (Lipinski definition) is 6. The number of ketones is 1. The van der Waals surface area contributed by atoms with Gasteiger partial charge in [-0.25, -0.2) is 9.07 Å². The summed E-state index contributed by atoms with van der Waals surface area (Å²) in [6.07, 6.45) is 7.75. The third kappa shape index (κ3) is 3.45. The Balaban J connectivity index is 1.37. The molecular formula is C30H35FN2O4S. The molecule has 4 aliphatic carbocycles. The number of fused-ring (bicyclic) bond motifs is 6. The van der Waals surface area contributed by atoms with Crippen LogP contribution in [0.4, 0.5) is 4.39 Å². The van der Waals surface area contributed by atoms with Gasteiger partial charge in [-0.15, -0.1) is 0 Å². The number of allylic oxidation sites excluding steroid dienone is 1. The molecule has 0 spiro atoms. The summed E-state index contributed by atoms with van der Waals surface area (Å²) in [4.78, 5) is 25.5. The van der Waals surface area contributed by atoms with E-state index in [0.29, 0.717) is 12.8 Å². The molecule has 2 aromatic rings. The van der Waals surface area contributed by atoms with E-state index in [2.05, 4.69) is 30.7 Å². The number of nitrogens with zero attached hydrogens (tertiary/aromatic N) is 2. The standard InChI is InChI=1S/C30H35FN2O4S/c1-17(34)37-30(26(36)16-38)11-10-23-22-9-4-19-12-24-18(15-32-33(24)21-7-5-20(31)6-8-21)13-28(19,2)27(22)25(35)14-29(23,30)3/h5-8,12,15,22-23,25,27,35,38H,4,9-11,13-14,16H2,1-3H3/t22-,23-,25-,27+,28-,29-,30-/m0/s1. The van der Waals surface area contributed by atoms with Gasteiger partial charge in [0.2, 0.25) is 0 Å². The van der Waals surface area contributed by atoms with Gasteiger partial charge in [-0.2, -0.15) is 17.7 Å². The van der Waals surface area contributed by atoms with E-state index in [0.717, 1.165) is 42.6 Å². The molecule has 3 fully saturated rings. The van der Waals surface area contributed by atoms with Crippen LogP contribution in [-0.4, -0.2) is 44.1 Å². The molecule has 3 saturated carbocycles. The quantitative estimate of drug-likeness (QED) is 0.425. The van der Waals surface area contributed by atoms with Crippen molar-refractivity contribution in [2.24, 2.45) is 28.6 Å². The monoisotopic (exact) mass is 538 g/mol. The summed E-state index contributed by atoms with van der Waals surface area (Å²) < 4.78 is 21.3. The fraction of sp³-hybridized carbons (Fsp3) is 0.567. The number of hydrogen-bond donors (Lipinski definition) is 2. The lowest BCUT2D eigenvalue weighted by Gasteiger charge is -2.60. The number of aromatic nitrogens is 2. The summed E-state index contributed by atoms with van der Waals surface area (Å²) in [5, 5.41) is 16.5. The first-order valence-corrected chi connectivity index (χ1v) is 14.2. The molecule has 0 radical (unpaired) electrons. The third-order valence-corrected chi connectivity index (χ3v) is 10.8. The Morgan fingerprint density at radius 2 is 1.97 bits per heavy atom. The number of aliphatic hydroxyl groups excluding tert-OH is 1. The van der Waals surface area contributed by atoms with Crippen molar-refractivity contribution in [2.45, 2.75) is 71.0 Å². The van der Waals surface area contributed by atoms with E-state index >= 15 is 0 Å². The fourth-order valence-corrected chi connectivity index (χ4v) is 9.27. The average Bonchev–Trinajstić information content (AvgIpc) is 3.39. The van der Waals surface area contributed by atoms with Crippen LogP contribution in [0.2, 0.25) is 0 Å². The van der Waals surface area contributed by atoms with Crippen molar-refractivity contribution in [1.82, 2.24) is 9.78 Å². The number of halogens is 1. The number of rotatable bonds is 4. The Kier molecular flexibility index (Phi) is 5.96. The molecule has 0 saturated heterocycles. The van der Waals surface area contributed by atoms with Crippen LogP contribution in [0.3, 0.4) is 0 Å². The maximum atomic E-state index is 13.5. The highest BCUT2D eigenvalue weighted by molar-refractivity contribution is 7.81. The lowest BCUT2D eigenvalue weighted by Crippen LogP contribution is -2.63. The van der Waals surface area contributed by atoms with Crippen LogP contribution < -0.4 is 0 Å². The molecule has 1 heterocycles. The highest BCUT2D eigenvalue weighted by atomic mass is 32.1. The molecule has 4 aliphatic rings. The number of carbonyl (C=O) groups excluding carboxylic acids is 2. The highest BCUT2D eigenvalue weighted by Crippen LogP contribution is 2.68. The number of Topliss-reactive ketones (excluding diaryl/α,β-unsaturated/α-hetero) is 1. The molecule has 0 aliphatic heterocycles. The summed E-state index contributed by atoms with van der Waals surface area (Å²) in [5.74, 6) is -0.488. The molecule has 0 bridgehead atoms. The van der Waals surface area contributed by atoms with Gasteiger partial charge >= 0.3 is 5.97 Å². The summed E-state index contributed by atoms with van der Waals surface area (Å²) in [6.45, 7) is 5.68. The molecule has 0 amide bonds. The molecule has 1 aromatic heterocycles. The van der Waals surface area contributed by atoms with E-state index in [4.69, 9.17) is 4.74 Å². The Labute approximate surface area is 228 Å². The number of carbonyl (C=O) groups is 2. The topological polar surface area (TPSA) is 81.4 Å². The van der Waals surface area contributed by atoms with E-state index in [-0.39, 0.29) is 40.5 Å². The van der Waals surface area contributed by atoms with Crippen LogP contribution in [0, 0.1) is 34.4 Å². The lowest BCUT2D eigenvalue weighted by molar-refractivity contribution is -0.198. The Morgan fingerprint density at radius 1 is 1.24 bits per heavy atom. The van der Waals surface area contributed by atoms with Gasteiger partial charge in [0.1, 0.15) is 5.82 Å². The van der Waals surface area contributed by atoms with E-state index in [1.807, 2.05) is 17.8 Å². The van der Waals surface area contributed by atoms with Crippen molar-refractivity contribution in [3.63, 3.8) is 0 Å². The third-order valence-electron chi connectivity index (χ3n) is 10.5. The van der Waals surface area contributed by atoms with Crippen LogP contribution in [-0.2, 0) is 20.7 Å². The molecule has 202 valence electrons. The second-order valence-electron chi connectivity index (χ2n) is 12.3. The molecule has 6 rings (SSSR count). The largest absolute Gasteiger partial charge is 0.451 e. The van der Waals surface area contributed by atoms with Crippen molar-refractivity contribution in [1.29, 1.82) is 0 Å². The van der Waals surface area contributed by atoms with Crippen LogP contribution in [0.15, 0.2) is 36.0 Å². The maximum absolute atomic E-state index is 13.5.